The van der Waals surface area contributed by atoms with E-state index in [0.717, 1.165) is 24.8 Å². The number of aliphatic hydroxyl groups is 1. The number of carbonyl (C=O) groups is 1. The lowest BCUT2D eigenvalue weighted by Crippen LogP contribution is -2.30. The number of aliphatic hydroxyl groups excluding tert-OH is 1. The Morgan fingerprint density at radius 1 is 1.56 bits per heavy atom. The van der Waals surface area contributed by atoms with Gasteiger partial charge in [-0.25, -0.2) is 0 Å². The van der Waals surface area contributed by atoms with Crippen molar-refractivity contribution in [2.45, 2.75) is 45.8 Å². The van der Waals surface area contributed by atoms with Crippen LogP contribution in [-0.4, -0.2) is 22.1 Å². The summed E-state index contributed by atoms with van der Waals surface area (Å²) < 4.78 is 1.88. The molecule has 4 heteroatoms. The van der Waals surface area contributed by atoms with E-state index in [9.17, 15) is 9.90 Å². The summed E-state index contributed by atoms with van der Waals surface area (Å²) in [5.74, 6) is 0.499. The third-order valence-electron chi connectivity index (χ3n) is 3.31. The average Bonchev–Trinajstić information content (AvgIpc) is 2.70. The fourth-order valence-corrected chi connectivity index (χ4v) is 2.35. The molecular weight excluding hydrogens is 228 g/mol. The Morgan fingerprint density at radius 3 is 3.00 bits per heavy atom. The molecule has 2 N–H and O–H groups in total. The first kappa shape index (κ1) is 13.1. The second-order valence-corrected chi connectivity index (χ2v) is 5.52. The quantitative estimate of drug-likeness (QED) is 0.853. The maximum Gasteiger partial charge on any atom is 0.239 e. The van der Waals surface area contributed by atoms with E-state index in [-0.39, 0.29) is 12.0 Å². The summed E-state index contributed by atoms with van der Waals surface area (Å²) in [4.78, 5) is 11.7. The first-order chi connectivity index (χ1) is 8.56. The van der Waals surface area contributed by atoms with E-state index < -0.39 is 0 Å². The molecule has 1 aromatic heterocycles. The zero-order valence-electron chi connectivity index (χ0n) is 11.1. The predicted octanol–water partition coefficient (Wildman–Crippen LogP) is 1.63. The molecule has 1 aromatic rings. The number of hydrogen-bond acceptors (Lipinski definition) is 2. The highest BCUT2D eigenvalue weighted by molar-refractivity contribution is 5.75. The number of amides is 1. The summed E-state index contributed by atoms with van der Waals surface area (Å²) in [6, 6.07) is 0. The molecule has 100 valence electrons. The molecule has 0 aromatic carbocycles. The molecule has 1 aliphatic rings. The summed E-state index contributed by atoms with van der Waals surface area (Å²) in [5.41, 5.74) is 2.18. The fraction of sp³-hybridized carbons (Fsp3) is 0.643. The van der Waals surface area contributed by atoms with Gasteiger partial charge in [0.25, 0.3) is 0 Å². The number of aromatic nitrogens is 1. The Labute approximate surface area is 108 Å². The van der Waals surface area contributed by atoms with Gasteiger partial charge in [0.2, 0.25) is 5.91 Å². The third kappa shape index (κ3) is 3.13. The van der Waals surface area contributed by atoms with E-state index in [1.807, 2.05) is 17.0 Å². The van der Waals surface area contributed by atoms with Crippen molar-refractivity contribution >= 4 is 5.91 Å². The van der Waals surface area contributed by atoms with Crippen molar-refractivity contribution in [1.82, 2.24) is 9.88 Å². The van der Waals surface area contributed by atoms with Gasteiger partial charge in [-0.3, -0.25) is 4.79 Å². The van der Waals surface area contributed by atoms with Gasteiger partial charge >= 0.3 is 0 Å². The first-order valence-corrected chi connectivity index (χ1v) is 6.69. The van der Waals surface area contributed by atoms with Crippen LogP contribution in [0.4, 0.5) is 0 Å². The van der Waals surface area contributed by atoms with E-state index in [1.54, 1.807) is 0 Å². The molecule has 0 aliphatic heterocycles. The molecule has 1 aliphatic carbocycles. The maximum atomic E-state index is 11.7. The number of carbonyl (C=O) groups excluding carboxylic acids is 1. The Hall–Kier alpha value is -1.29. The van der Waals surface area contributed by atoms with Crippen molar-refractivity contribution in [1.29, 1.82) is 0 Å². The van der Waals surface area contributed by atoms with Gasteiger partial charge in [-0.1, -0.05) is 13.8 Å². The molecule has 0 fully saturated rings. The molecule has 1 atom stereocenters. The largest absolute Gasteiger partial charge is 0.388 e. The normalized spacial score (nSPS) is 18.8. The highest BCUT2D eigenvalue weighted by Gasteiger charge is 2.20. The molecule has 1 amide bonds. The zero-order chi connectivity index (χ0) is 13.1. The number of hydrogen-bond donors (Lipinski definition) is 2. The predicted molar refractivity (Wildman–Crippen MR) is 70.2 cm³/mol. The van der Waals surface area contributed by atoms with E-state index in [4.69, 9.17) is 0 Å². The fourth-order valence-electron chi connectivity index (χ4n) is 2.35. The van der Waals surface area contributed by atoms with Crippen molar-refractivity contribution in [2.75, 3.05) is 6.54 Å². The molecule has 4 nitrogen and oxygen atoms in total. The van der Waals surface area contributed by atoms with Gasteiger partial charge in [0, 0.05) is 24.5 Å². The number of rotatable bonds is 4. The summed E-state index contributed by atoms with van der Waals surface area (Å²) in [6.45, 7) is 5.20. The monoisotopic (exact) mass is 250 g/mol. The van der Waals surface area contributed by atoms with E-state index >= 15 is 0 Å². The Bertz CT molecular complexity index is 423. The lowest BCUT2D eigenvalue weighted by atomic mass is 9.93. The van der Waals surface area contributed by atoms with Crippen LogP contribution in [0, 0.1) is 5.92 Å². The van der Waals surface area contributed by atoms with Crippen LogP contribution in [-0.2, 0) is 17.8 Å². The standard InChI is InChI=1S/C14H22N2O2/c1-10(2)6-15-14(18)9-16-7-11-4-3-5-13(17)12(11)8-16/h7-8,10,13,17H,3-6,9H2,1-2H3,(H,15,18). The van der Waals surface area contributed by atoms with Gasteiger partial charge in [0.15, 0.2) is 0 Å². The minimum atomic E-state index is -0.353. The summed E-state index contributed by atoms with van der Waals surface area (Å²) in [5, 5.41) is 12.8. The molecule has 0 spiro atoms. The van der Waals surface area contributed by atoms with Crippen LogP contribution in [0.25, 0.3) is 0 Å². The highest BCUT2D eigenvalue weighted by Crippen LogP contribution is 2.29. The number of nitrogens with zero attached hydrogens (tertiary/aromatic N) is 1. The van der Waals surface area contributed by atoms with Gasteiger partial charge in [0.05, 0.1) is 6.10 Å². The van der Waals surface area contributed by atoms with Gasteiger partial charge in [0.1, 0.15) is 6.54 Å². The molecule has 1 heterocycles. The molecule has 0 saturated heterocycles. The van der Waals surface area contributed by atoms with Crippen molar-refractivity contribution in [3.05, 3.63) is 23.5 Å². The van der Waals surface area contributed by atoms with Crippen LogP contribution in [0.2, 0.25) is 0 Å². The van der Waals surface area contributed by atoms with Crippen molar-refractivity contribution in [3.8, 4) is 0 Å². The zero-order valence-corrected chi connectivity index (χ0v) is 11.1. The van der Waals surface area contributed by atoms with Crippen molar-refractivity contribution in [3.63, 3.8) is 0 Å². The first-order valence-electron chi connectivity index (χ1n) is 6.69. The number of fused-ring (bicyclic) bond motifs is 1. The van der Waals surface area contributed by atoms with Crippen LogP contribution in [0.15, 0.2) is 12.4 Å². The van der Waals surface area contributed by atoms with Crippen molar-refractivity contribution in [2.24, 2.45) is 5.92 Å². The van der Waals surface area contributed by atoms with Crippen LogP contribution in [0.3, 0.4) is 0 Å². The molecule has 18 heavy (non-hydrogen) atoms. The van der Waals surface area contributed by atoms with E-state index in [1.165, 1.54) is 5.56 Å². The smallest absolute Gasteiger partial charge is 0.239 e. The number of nitrogens with one attached hydrogen (secondary N) is 1. The molecule has 0 saturated carbocycles. The van der Waals surface area contributed by atoms with E-state index in [2.05, 4.69) is 19.2 Å². The molecule has 2 rings (SSSR count). The Balaban J connectivity index is 1.96. The Kier molecular flexibility index (Phi) is 4.07. The lowest BCUT2D eigenvalue weighted by Gasteiger charge is -2.16. The maximum absolute atomic E-state index is 11.7. The summed E-state index contributed by atoms with van der Waals surface area (Å²) in [6.07, 6.45) is 6.41. The Morgan fingerprint density at radius 2 is 2.33 bits per heavy atom. The minimum absolute atomic E-state index is 0.0329. The van der Waals surface area contributed by atoms with Crippen LogP contribution < -0.4 is 5.32 Å². The molecule has 1 unspecified atom stereocenters. The summed E-state index contributed by atoms with van der Waals surface area (Å²) >= 11 is 0. The third-order valence-corrected chi connectivity index (χ3v) is 3.31. The van der Waals surface area contributed by atoms with Crippen LogP contribution in [0.5, 0.6) is 0 Å². The van der Waals surface area contributed by atoms with E-state index in [0.29, 0.717) is 19.0 Å². The number of aryl methyl sites for hydroxylation is 1. The SMILES string of the molecule is CC(C)CNC(=O)Cn1cc2c(c1)C(O)CCC2. The molecule has 0 bridgehead atoms. The van der Waals surface area contributed by atoms with Gasteiger partial charge in [-0.2, -0.15) is 0 Å². The van der Waals surface area contributed by atoms with Gasteiger partial charge in [-0.05, 0) is 30.7 Å². The second-order valence-electron chi connectivity index (χ2n) is 5.52. The van der Waals surface area contributed by atoms with Gasteiger partial charge in [-0.15, -0.1) is 0 Å². The van der Waals surface area contributed by atoms with Gasteiger partial charge < -0.3 is 15.0 Å². The minimum Gasteiger partial charge on any atom is -0.388 e. The lowest BCUT2D eigenvalue weighted by molar-refractivity contribution is -0.121. The van der Waals surface area contributed by atoms with Crippen LogP contribution in [0.1, 0.15) is 43.9 Å². The summed E-state index contributed by atoms with van der Waals surface area (Å²) in [7, 11) is 0. The molecule has 0 radical (unpaired) electrons. The van der Waals surface area contributed by atoms with Crippen molar-refractivity contribution < 1.29 is 9.90 Å². The topological polar surface area (TPSA) is 54.3 Å². The highest BCUT2D eigenvalue weighted by atomic mass is 16.3. The molecular formula is C14H22N2O2. The second kappa shape index (κ2) is 5.57. The van der Waals surface area contributed by atoms with Crippen LogP contribution >= 0.6 is 0 Å². The average molecular weight is 250 g/mol.